The lowest BCUT2D eigenvalue weighted by Crippen LogP contribution is -2.58. The van der Waals surface area contributed by atoms with Gasteiger partial charge >= 0.3 is 5.97 Å². The molecular formula is C18H35N7O7. The van der Waals surface area contributed by atoms with Crippen LogP contribution < -0.4 is 33.2 Å². The fourth-order valence-electron chi connectivity index (χ4n) is 2.54. The molecule has 0 bridgehead atoms. The van der Waals surface area contributed by atoms with E-state index in [1.165, 1.54) is 0 Å². The summed E-state index contributed by atoms with van der Waals surface area (Å²) < 4.78 is 0. The number of aliphatic hydroxyl groups is 2. The van der Waals surface area contributed by atoms with E-state index in [-0.39, 0.29) is 31.3 Å². The topological polar surface area (TPSA) is 255 Å². The third kappa shape index (κ3) is 10.4. The lowest BCUT2D eigenvalue weighted by molar-refractivity contribution is -0.144. The van der Waals surface area contributed by atoms with E-state index in [9.17, 15) is 29.4 Å². The molecule has 0 rings (SSSR count). The van der Waals surface area contributed by atoms with Crippen molar-refractivity contribution >= 4 is 29.7 Å². The highest BCUT2D eigenvalue weighted by Gasteiger charge is 2.31. The molecule has 184 valence electrons. The lowest BCUT2D eigenvalue weighted by atomic mass is 9.98. The quantitative estimate of drug-likeness (QED) is 0.0647. The molecule has 3 amide bonds. The summed E-state index contributed by atoms with van der Waals surface area (Å²) in [6.07, 6.45) is 0.800. The number of rotatable bonds is 15. The Bertz CT molecular complexity index is 670. The second-order valence-electron chi connectivity index (χ2n) is 7.25. The van der Waals surface area contributed by atoms with Crippen molar-refractivity contribution < 1.29 is 34.5 Å². The Morgan fingerprint density at radius 2 is 1.50 bits per heavy atom. The molecule has 0 saturated carbocycles. The summed E-state index contributed by atoms with van der Waals surface area (Å²) in [7, 11) is 0. The van der Waals surface area contributed by atoms with Gasteiger partial charge in [-0.3, -0.25) is 19.4 Å². The molecule has 0 aromatic carbocycles. The van der Waals surface area contributed by atoms with Gasteiger partial charge in [0, 0.05) is 6.54 Å². The number of carbonyl (C=O) groups is 4. The van der Waals surface area contributed by atoms with E-state index < -0.39 is 61.1 Å². The van der Waals surface area contributed by atoms with Crippen LogP contribution in [0.5, 0.6) is 0 Å². The molecule has 5 unspecified atom stereocenters. The van der Waals surface area contributed by atoms with Crippen LogP contribution in [0.25, 0.3) is 0 Å². The van der Waals surface area contributed by atoms with E-state index >= 15 is 0 Å². The van der Waals surface area contributed by atoms with Crippen LogP contribution in [-0.2, 0) is 19.2 Å². The molecule has 0 saturated heterocycles. The van der Waals surface area contributed by atoms with Crippen LogP contribution in [-0.4, -0.2) is 88.9 Å². The molecule has 0 aromatic rings. The summed E-state index contributed by atoms with van der Waals surface area (Å²) in [5.74, 6) is -4.29. The third-order valence-electron chi connectivity index (χ3n) is 4.70. The van der Waals surface area contributed by atoms with Crippen LogP contribution in [0, 0.1) is 5.92 Å². The highest BCUT2D eigenvalue weighted by molar-refractivity contribution is 5.94. The van der Waals surface area contributed by atoms with Gasteiger partial charge in [-0.2, -0.15) is 0 Å². The zero-order chi connectivity index (χ0) is 24.8. The maximum absolute atomic E-state index is 12.8. The lowest BCUT2D eigenvalue weighted by Gasteiger charge is -2.26. The first-order chi connectivity index (χ1) is 15.0. The molecule has 0 heterocycles. The van der Waals surface area contributed by atoms with Crippen LogP contribution in [0.4, 0.5) is 0 Å². The average molecular weight is 462 g/mol. The molecule has 12 N–H and O–H groups in total. The fourth-order valence-corrected chi connectivity index (χ4v) is 2.54. The monoisotopic (exact) mass is 461 g/mol. The van der Waals surface area contributed by atoms with Crippen LogP contribution in [0.2, 0.25) is 0 Å². The van der Waals surface area contributed by atoms with Crippen LogP contribution in [0.15, 0.2) is 4.99 Å². The van der Waals surface area contributed by atoms with Crippen molar-refractivity contribution in [1.82, 2.24) is 16.0 Å². The second-order valence-corrected chi connectivity index (χ2v) is 7.25. The number of aliphatic imine (C=N–C) groups is 1. The summed E-state index contributed by atoms with van der Waals surface area (Å²) in [5.41, 5.74) is 15.9. The van der Waals surface area contributed by atoms with Gasteiger partial charge in [0.25, 0.3) is 0 Å². The Kier molecular flexibility index (Phi) is 13.5. The van der Waals surface area contributed by atoms with Gasteiger partial charge in [-0.1, -0.05) is 20.3 Å². The number of aliphatic hydroxyl groups excluding tert-OH is 2. The Hall–Kier alpha value is -2.97. The molecule has 32 heavy (non-hydrogen) atoms. The zero-order valence-electron chi connectivity index (χ0n) is 18.3. The first-order valence-electron chi connectivity index (χ1n) is 10.1. The molecule has 0 aliphatic rings. The van der Waals surface area contributed by atoms with E-state index in [4.69, 9.17) is 22.3 Å². The van der Waals surface area contributed by atoms with Crippen molar-refractivity contribution in [3.63, 3.8) is 0 Å². The molecule has 0 aliphatic heterocycles. The molecule has 0 radical (unpaired) electrons. The predicted molar refractivity (Wildman–Crippen MR) is 115 cm³/mol. The van der Waals surface area contributed by atoms with E-state index in [0.29, 0.717) is 6.42 Å². The normalized spacial score (nSPS) is 15.4. The van der Waals surface area contributed by atoms with Gasteiger partial charge in [-0.05, 0) is 18.8 Å². The summed E-state index contributed by atoms with van der Waals surface area (Å²) in [6, 6.07) is -5.12. The number of carboxylic acids is 1. The molecule has 14 nitrogen and oxygen atoms in total. The van der Waals surface area contributed by atoms with Crippen LogP contribution in [0.1, 0.15) is 33.1 Å². The number of hydrogen-bond donors (Lipinski definition) is 9. The molecule has 5 atom stereocenters. The molecule has 0 fully saturated rings. The number of hydrogen-bond acceptors (Lipinski definition) is 8. The molecule has 0 spiro atoms. The van der Waals surface area contributed by atoms with Crippen LogP contribution >= 0.6 is 0 Å². The van der Waals surface area contributed by atoms with Crippen molar-refractivity contribution in [2.24, 2.45) is 28.1 Å². The maximum Gasteiger partial charge on any atom is 0.326 e. The number of amides is 3. The first-order valence-corrected chi connectivity index (χ1v) is 10.1. The van der Waals surface area contributed by atoms with E-state index in [1.54, 1.807) is 13.8 Å². The number of aliphatic carboxylic acids is 1. The van der Waals surface area contributed by atoms with Crippen molar-refractivity contribution in [1.29, 1.82) is 0 Å². The number of carboxylic acid groups (broad SMARTS) is 1. The predicted octanol–water partition coefficient (Wildman–Crippen LogP) is -4.06. The van der Waals surface area contributed by atoms with Gasteiger partial charge in [0.05, 0.1) is 13.2 Å². The average Bonchev–Trinajstić information content (AvgIpc) is 2.75. The van der Waals surface area contributed by atoms with Crippen molar-refractivity contribution in [3.8, 4) is 0 Å². The highest BCUT2D eigenvalue weighted by Crippen LogP contribution is 2.09. The van der Waals surface area contributed by atoms with Crippen molar-refractivity contribution in [3.05, 3.63) is 0 Å². The minimum Gasteiger partial charge on any atom is -0.480 e. The minimum absolute atomic E-state index is 0.0451. The third-order valence-corrected chi connectivity index (χ3v) is 4.70. The number of nitrogens with zero attached hydrogens (tertiary/aromatic N) is 1. The van der Waals surface area contributed by atoms with Gasteiger partial charge in [0.1, 0.15) is 24.2 Å². The van der Waals surface area contributed by atoms with E-state index in [0.717, 1.165) is 0 Å². The standard InChI is InChI=1S/C18H35N7O7/c1-3-9(2)13(17(31)32)25-15(29)11(5-4-6-22-18(20)21)23-16(30)12(8-27)24-14(28)10(19)7-26/h9-13,26-27H,3-8,19H2,1-2H3,(H,23,30)(H,24,28)(H,25,29)(H,31,32)(H4,20,21,22). The number of nitrogens with two attached hydrogens (primary N) is 3. The largest absolute Gasteiger partial charge is 0.480 e. The van der Waals surface area contributed by atoms with Crippen LogP contribution in [0.3, 0.4) is 0 Å². The summed E-state index contributed by atoms with van der Waals surface area (Å²) in [5, 5.41) is 34.7. The van der Waals surface area contributed by atoms with Gasteiger partial charge in [-0.15, -0.1) is 0 Å². The van der Waals surface area contributed by atoms with Gasteiger partial charge < -0.3 is 48.5 Å². The SMILES string of the molecule is CCC(C)C(NC(=O)C(CCCN=C(N)N)NC(=O)C(CO)NC(=O)C(N)CO)C(=O)O. The highest BCUT2D eigenvalue weighted by atomic mass is 16.4. The number of carbonyl (C=O) groups excluding carboxylic acids is 3. The Balaban J connectivity index is 5.42. The number of guanidine groups is 1. The Morgan fingerprint density at radius 3 is 1.97 bits per heavy atom. The molecular weight excluding hydrogens is 426 g/mol. The van der Waals surface area contributed by atoms with E-state index in [2.05, 4.69) is 20.9 Å². The zero-order valence-corrected chi connectivity index (χ0v) is 18.3. The van der Waals surface area contributed by atoms with Gasteiger partial charge in [-0.25, -0.2) is 4.79 Å². The van der Waals surface area contributed by atoms with E-state index in [1.807, 2.05) is 0 Å². The molecule has 0 aromatic heterocycles. The van der Waals surface area contributed by atoms with Gasteiger partial charge in [0.2, 0.25) is 17.7 Å². The molecule has 0 aliphatic carbocycles. The summed E-state index contributed by atoms with van der Waals surface area (Å²) >= 11 is 0. The molecule has 14 heteroatoms. The Morgan fingerprint density at radius 1 is 0.938 bits per heavy atom. The minimum atomic E-state index is -1.45. The number of nitrogens with one attached hydrogen (secondary N) is 3. The van der Waals surface area contributed by atoms with Crippen molar-refractivity contribution in [2.75, 3.05) is 19.8 Å². The van der Waals surface area contributed by atoms with Crippen molar-refractivity contribution in [2.45, 2.75) is 57.3 Å². The summed E-state index contributed by atoms with van der Waals surface area (Å²) in [6.45, 7) is 2.11. The second kappa shape index (κ2) is 14.9. The summed E-state index contributed by atoms with van der Waals surface area (Å²) in [4.78, 5) is 52.4. The Labute approximate surface area is 186 Å². The first kappa shape index (κ1) is 29.0. The fraction of sp³-hybridized carbons (Fsp3) is 0.722. The maximum atomic E-state index is 12.8. The van der Waals surface area contributed by atoms with Gasteiger partial charge in [0.15, 0.2) is 5.96 Å². The smallest absolute Gasteiger partial charge is 0.326 e.